The molecule has 0 aliphatic carbocycles. The molecule has 2 amide bonds. The zero-order chi connectivity index (χ0) is 22.6. The van der Waals surface area contributed by atoms with Crippen LogP contribution in [0.4, 0.5) is 25.1 Å². The molecule has 0 saturated heterocycles. The summed E-state index contributed by atoms with van der Waals surface area (Å²) < 4.78 is 26.5. The first-order valence-electron chi connectivity index (χ1n) is 9.36. The third-order valence-corrected chi connectivity index (χ3v) is 4.51. The highest BCUT2D eigenvalue weighted by Crippen LogP contribution is 2.27. The maximum absolute atomic E-state index is 13.3. The third kappa shape index (κ3) is 5.59. The molecule has 7 nitrogen and oxygen atoms in total. The largest absolute Gasteiger partial charge is 0.338 e. The van der Waals surface area contributed by atoms with Gasteiger partial charge in [-0.2, -0.15) is 0 Å². The molecule has 0 unspecified atom stereocenters. The maximum Gasteiger partial charge on any atom is 0.324 e. The maximum atomic E-state index is 13.3. The van der Waals surface area contributed by atoms with E-state index in [9.17, 15) is 23.2 Å². The Kier molecular flexibility index (Phi) is 6.24. The minimum Gasteiger partial charge on any atom is -0.338 e. The van der Waals surface area contributed by atoms with Gasteiger partial charge in [-0.15, -0.1) is 0 Å². The number of aromatic amines is 1. The van der Waals surface area contributed by atoms with E-state index in [1.54, 1.807) is 24.3 Å². The van der Waals surface area contributed by atoms with E-state index in [2.05, 4.69) is 20.6 Å². The molecular weight excluding hydrogens is 406 g/mol. The van der Waals surface area contributed by atoms with Gasteiger partial charge < -0.3 is 10.3 Å². The molecule has 9 heteroatoms. The van der Waals surface area contributed by atoms with Crippen LogP contribution in [-0.4, -0.2) is 28.1 Å². The Balaban J connectivity index is 1.67. The molecule has 0 aliphatic heterocycles. The van der Waals surface area contributed by atoms with Crippen LogP contribution in [-0.2, 0) is 12.3 Å². The molecule has 31 heavy (non-hydrogen) atoms. The lowest BCUT2D eigenvalue weighted by atomic mass is 10.1. The van der Waals surface area contributed by atoms with Crippen LogP contribution in [0.15, 0.2) is 48.5 Å². The first-order chi connectivity index (χ1) is 14.7. The Bertz CT molecular complexity index is 1100. The number of imidazole rings is 1. The summed E-state index contributed by atoms with van der Waals surface area (Å²) in [7, 11) is 0. The number of amides is 2. The lowest BCUT2D eigenvalue weighted by Gasteiger charge is -2.11. The molecular formula is C22H20F2N4O3. The average Bonchev–Trinajstić information content (AvgIpc) is 3.09. The summed E-state index contributed by atoms with van der Waals surface area (Å²) in [6.07, 6.45) is 0.887. The molecule has 3 N–H and O–H groups in total. The number of aldehydes is 1. The Hall–Kier alpha value is -3.88. The SMILES string of the molecule is CC(=O)c1ccc(Cc2nc(NC(=O)Nc3ccc(C(C)(F)F)cc3)c(C=O)[nH]2)cc1. The molecule has 0 spiro atoms. The van der Waals surface area contributed by atoms with Gasteiger partial charge in [0.1, 0.15) is 11.5 Å². The van der Waals surface area contributed by atoms with E-state index in [-0.39, 0.29) is 22.9 Å². The Morgan fingerprint density at radius 2 is 1.71 bits per heavy atom. The zero-order valence-corrected chi connectivity index (χ0v) is 16.8. The molecule has 3 rings (SSSR count). The van der Waals surface area contributed by atoms with Gasteiger partial charge >= 0.3 is 6.03 Å². The van der Waals surface area contributed by atoms with Gasteiger partial charge in [0.25, 0.3) is 5.92 Å². The number of urea groups is 1. The van der Waals surface area contributed by atoms with E-state index in [4.69, 9.17) is 0 Å². The van der Waals surface area contributed by atoms with Gasteiger partial charge in [0, 0.05) is 30.2 Å². The van der Waals surface area contributed by atoms with Crippen LogP contribution in [0.1, 0.15) is 51.6 Å². The number of hydrogen-bond acceptors (Lipinski definition) is 4. The summed E-state index contributed by atoms with van der Waals surface area (Å²) >= 11 is 0. The van der Waals surface area contributed by atoms with E-state index in [1.807, 2.05) is 0 Å². The smallest absolute Gasteiger partial charge is 0.324 e. The molecule has 160 valence electrons. The van der Waals surface area contributed by atoms with Crippen LogP contribution >= 0.6 is 0 Å². The van der Waals surface area contributed by atoms with E-state index in [0.717, 1.165) is 12.5 Å². The fourth-order valence-corrected chi connectivity index (χ4v) is 2.87. The number of H-pyrrole nitrogens is 1. The first-order valence-corrected chi connectivity index (χ1v) is 9.36. The molecule has 0 bridgehead atoms. The molecule has 1 aromatic heterocycles. The van der Waals surface area contributed by atoms with Crippen molar-refractivity contribution >= 4 is 29.6 Å². The van der Waals surface area contributed by atoms with Gasteiger partial charge in [-0.25, -0.2) is 18.6 Å². The lowest BCUT2D eigenvalue weighted by molar-refractivity contribution is 0.0175. The van der Waals surface area contributed by atoms with Crippen molar-refractivity contribution < 1.29 is 23.2 Å². The number of alkyl halides is 2. The summed E-state index contributed by atoms with van der Waals surface area (Å²) in [6.45, 7) is 2.27. The number of aromatic nitrogens is 2. The van der Waals surface area contributed by atoms with Gasteiger partial charge in [-0.05, 0) is 24.6 Å². The minimum absolute atomic E-state index is 0.0386. The number of ketones is 1. The molecule has 2 aromatic carbocycles. The predicted molar refractivity (Wildman–Crippen MR) is 112 cm³/mol. The number of nitrogens with one attached hydrogen (secondary N) is 3. The number of anilines is 2. The van der Waals surface area contributed by atoms with Crippen molar-refractivity contribution in [3.8, 4) is 0 Å². The van der Waals surface area contributed by atoms with Crippen molar-refractivity contribution in [1.82, 2.24) is 9.97 Å². The van der Waals surface area contributed by atoms with Gasteiger partial charge in [-0.1, -0.05) is 36.4 Å². The van der Waals surface area contributed by atoms with Crippen molar-refractivity contribution in [2.75, 3.05) is 10.6 Å². The summed E-state index contributed by atoms with van der Waals surface area (Å²) in [5.41, 5.74) is 1.67. The number of rotatable bonds is 7. The molecule has 0 atom stereocenters. The molecule has 1 heterocycles. The van der Waals surface area contributed by atoms with Crippen molar-refractivity contribution in [2.24, 2.45) is 0 Å². The van der Waals surface area contributed by atoms with E-state index in [1.165, 1.54) is 31.2 Å². The number of hydrogen-bond donors (Lipinski definition) is 3. The lowest BCUT2D eigenvalue weighted by Crippen LogP contribution is -2.20. The quantitative estimate of drug-likeness (QED) is 0.374. The predicted octanol–water partition coefficient (Wildman–Crippen LogP) is 4.77. The highest BCUT2D eigenvalue weighted by Gasteiger charge is 2.23. The number of nitrogens with zero attached hydrogens (tertiary/aromatic N) is 1. The number of halogens is 2. The van der Waals surface area contributed by atoms with E-state index in [0.29, 0.717) is 29.8 Å². The minimum atomic E-state index is -2.97. The van der Waals surface area contributed by atoms with Crippen LogP contribution in [0.2, 0.25) is 0 Å². The summed E-state index contributed by atoms with van der Waals surface area (Å²) in [4.78, 5) is 42.0. The van der Waals surface area contributed by atoms with Gasteiger partial charge in [0.2, 0.25) is 0 Å². The van der Waals surface area contributed by atoms with Gasteiger partial charge in [0.15, 0.2) is 17.9 Å². The average molecular weight is 426 g/mol. The van der Waals surface area contributed by atoms with Crippen LogP contribution in [0.25, 0.3) is 0 Å². The normalized spacial score (nSPS) is 11.1. The first kappa shape index (κ1) is 21.8. The van der Waals surface area contributed by atoms with E-state index >= 15 is 0 Å². The second-order valence-corrected chi connectivity index (χ2v) is 7.04. The monoisotopic (exact) mass is 426 g/mol. The van der Waals surface area contributed by atoms with Crippen LogP contribution in [0.5, 0.6) is 0 Å². The number of carbonyl (C=O) groups is 3. The second kappa shape index (κ2) is 8.86. The number of carbonyl (C=O) groups excluding carboxylic acids is 3. The number of benzene rings is 2. The Labute approximate surface area is 176 Å². The summed E-state index contributed by atoms with van der Waals surface area (Å²) in [6, 6.07) is 11.4. The highest BCUT2D eigenvalue weighted by atomic mass is 19.3. The Morgan fingerprint density at radius 1 is 1.06 bits per heavy atom. The van der Waals surface area contributed by atoms with Crippen molar-refractivity contribution in [1.29, 1.82) is 0 Å². The summed E-state index contributed by atoms with van der Waals surface area (Å²) in [5, 5.41) is 4.97. The molecule has 3 aromatic rings. The van der Waals surface area contributed by atoms with Crippen LogP contribution in [0, 0.1) is 0 Å². The van der Waals surface area contributed by atoms with E-state index < -0.39 is 12.0 Å². The highest BCUT2D eigenvalue weighted by molar-refractivity contribution is 6.01. The zero-order valence-electron chi connectivity index (χ0n) is 16.8. The Morgan fingerprint density at radius 3 is 2.26 bits per heavy atom. The van der Waals surface area contributed by atoms with Crippen molar-refractivity contribution in [2.45, 2.75) is 26.2 Å². The topological polar surface area (TPSA) is 104 Å². The van der Waals surface area contributed by atoms with Gasteiger partial charge in [-0.3, -0.25) is 14.9 Å². The molecule has 0 radical (unpaired) electrons. The number of Topliss-reactive ketones (excluding diaryl/α,β-unsaturated/α-hetero) is 1. The third-order valence-electron chi connectivity index (χ3n) is 4.51. The van der Waals surface area contributed by atoms with Crippen molar-refractivity contribution in [3.05, 3.63) is 76.7 Å². The summed E-state index contributed by atoms with van der Waals surface area (Å²) in [5.74, 6) is -2.53. The van der Waals surface area contributed by atoms with Crippen molar-refractivity contribution in [3.63, 3.8) is 0 Å². The van der Waals surface area contributed by atoms with Gasteiger partial charge in [0.05, 0.1) is 0 Å². The molecule has 0 saturated carbocycles. The fraction of sp³-hybridized carbons (Fsp3) is 0.182. The second-order valence-electron chi connectivity index (χ2n) is 7.04. The standard InChI is InChI=1S/C22H20F2N4O3/c1-13(30)15-5-3-14(4-6-15)11-19-26-18(12-29)20(27-19)28-21(31)25-17-9-7-16(8-10-17)22(2,23)24/h3-10,12H,11H2,1-2H3,(H,26,27)(H2,25,28,31). The van der Waals surface area contributed by atoms with Crippen LogP contribution < -0.4 is 10.6 Å². The molecule has 0 fully saturated rings. The molecule has 0 aliphatic rings. The van der Waals surface area contributed by atoms with Crippen LogP contribution in [0.3, 0.4) is 0 Å². The fourth-order valence-electron chi connectivity index (χ4n) is 2.87.